The second kappa shape index (κ2) is 8.20. The Balaban J connectivity index is 2.66. The van der Waals surface area contributed by atoms with E-state index in [1.165, 1.54) is 0 Å². The Morgan fingerprint density at radius 3 is 2.62 bits per heavy atom. The van der Waals surface area contributed by atoms with Crippen molar-refractivity contribution >= 4 is 40.5 Å². The normalized spacial score (nSPS) is 10.4. The lowest BCUT2D eigenvalue weighted by molar-refractivity contribution is -0.121. The maximum atomic E-state index is 11.8. The van der Waals surface area contributed by atoms with Gasteiger partial charge in [-0.2, -0.15) is 0 Å². The summed E-state index contributed by atoms with van der Waals surface area (Å²) in [5.74, 6) is -0.0436. The van der Waals surface area contributed by atoms with E-state index in [2.05, 4.69) is 10.6 Å². The first-order chi connectivity index (χ1) is 9.83. The van der Waals surface area contributed by atoms with Gasteiger partial charge in [-0.25, -0.2) is 0 Å². The minimum atomic E-state index is -0.0436. The number of nitrogens with zero attached hydrogens (tertiary/aromatic N) is 1. The van der Waals surface area contributed by atoms with E-state index in [-0.39, 0.29) is 18.5 Å². The summed E-state index contributed by atoms with van der Waals surface area (Å²) in [7, 11) is 0. The number of carbonyl (C=O) groups is 1. The zero-order chi connectivity index (χ0) is 16.0. The summed E-state index contributed by atoms with van der Waals surface area (Å²) in [6.07, 6.45) is 0. The van der Waals surface area contributed by atoms with Gasteiger partial charge in [-0.1, -0.05) is 17.7 Å². The molecule has 0 aromatic heterocycles. The molecule has 21 heavy (non-hydrogen) atoms. The van der Waals surface area contributed by atoms with Crippen LogP contribution in [0.4, 0.5) is 5.69 Å². The van der Waals surface area contributed by atoms with E-state index in [0.717, 1.165) is 11.3 Å². The standard InChI is InChI=1S/C15H22ClN3OS/c1-5-19(9-14(20)17-10(2)3)15(21)18-12-7-6-11(4)13(16)8-12/h6-8,10H,5,9H2,1-4H3,(H,17,20)(H,18,21). The lowest BCUT2D eigenvalue weighted by atomic mass is 10.2. The van der Waals surface area contributed by atoms with Crippen molar-refractivity contribution in [2.75, 3.05) is 18.4 Å². The number of halogens is 1. The number of aryl methyl sites for hydroxylation is 1. The highest BCUT2D eigenvalue weighted by molar-refractivity contribution is 7.80. The van der Waals surface area contributed by atoms with Crippen LogP contribution in [0.5, 0.6) is 0 Å². The van der Waals surface area contributed by atoms with Gasteiger partial charge in [0, 0.05) is 23.3 Å². The fourth-order valence-electron chi connectivity index (χ4n) is 1.74. The maximum absolute atomic E-state index is 11.8. The van der Waals surface area contributed by atoms with Gasteiger partial charge in [0.15, 0.2) is 5.11 Å². The fraction of sp³-hybridized carbons (Fsp3) is 0.467. The molecule has 0 bridgehead atoms. The van der Waals surface area contributed by atoms with Crippen molar-refractivity contribution in [3.8, 4) is 0 Å². The fourth-order valence-corrected chi connectivity index (χ4v) is 2.23. The van der Waals surface area contributed by atoms with Crippen molar-refractivity contribution in [2.45, 2.75) is 33.7 Å². The van der Waals surface area contributed by atoms with Gasteiger partial charge in [-0.15, -0.1) is 0 Å². The summed E-state index contributed by atoms with van der Waals surface area (Å²) in [5, 5.41) is 7.16. The van der Waals surface area contributed by atoms with Gasteiger partial charge in [-0.3, -0.25) is 4.79 Å². The van der Waals surface area contributed by atoms with Gasteiger partial charge in [0.05, 0.1) is 6.54 Å². The number of thiocarbonyl (C=S) groups is 1. The second-order valence-corrected chi connectivity index (χ2v) is 5.92. The molecule has 0 aliphatic carbocycles. The number of anilines is 1. The summed E-state index contributed by atoms with van der Waals surface area (Å²) in [6.45, 7) is 8.65. The molecule has 1 aromatic carbocycles. The summed E-state index contributed by atoms with van der Waals surface area (Å²) >= 11 is 11.4. The number of amides is 1. The van der Waals surface area contributed by atoms with Crippen molar-refractivity contribution < 1.29 is 4.79 Å². The van der Waals surface area contributed by atoms with Crippen molar-refractivity contribution in [1.82, 2.24) is 10.2 Å². The van der Waals surface area contributed by atoms with Crippen LogP contribution in [-0.2, 0) is 4.79 Å². The van der Waals surface area contributed by atoms with Crippen molar-refractivity contribution in [2.24, 2.45) is 0 Å². The molecule has 1 amide bonds. The lowest BCUT2D eigenvalue weighted by Gasteiger charge is -2.24. The van der Waals surface area contributed by atoms with Crippen LogP contribution in [0.25, 0.3) is 0 Å². The Labute approximate surface area is 136 Å². The molecule has 6 heteroatoms. The quantitative estimate of drug-likeness (QED) is 0.815. The van der Waals surface area contributed by atoms with Crippen LogP contribution in [0.3, 0.4) is 0 Å². The van der Waals surface area contributed by atoms with Gasteiger partial charge >= 0.3 is 0 Å². The Kier molecular flexibility index (Phi) is 6.92. The third-order valence-corrected chi connectivity index (χ3v) is 3.64. The molecular formula is C15H22ClN3OS. The highest BCUT2D eigenvalue weighted by Gasteiger charge is 2.13. The average molecular weight is 328 g/mol. The molecule has 0 saturated carbocycles. The Bertz CT molecular complexity index is 520. The maximum Gasteiger partial charge on any atom is 0.239 e. The average Bonchev–Trinajstić information content (AvgIpc) is 2.39. The first kappa shape index (κ1) is 17.7. The number of benzene rings is 1. The van der Waals surface area contributed by atoms with E-state index in [1.807, 2.05) is 45.9 Å². The van der Waals surface area contributed by atoms with Gasteiger partial charge in [0.25, 0.3) is 0 Å². The molecule has 2 N–H and O–H groups in total. The van der Waals surface area contributed by atoms with Crippen molar-refractivity contribution in [1.29, 1.82) is 0 Å². The molecule has 0 aliphatic rings. The molecule has 116 valence electrons. The topological polar surface area (TPSA) is 44.4 Å². The molecule has 0 saturated heterocycles. The molecule has 0 unspecified atom stereocenters. The number of hydrogen-bond acceptors (Lipinski definition) is 2. The minimum Gasteiger partial charge on any atom is -0.352 e. The summed E-state index contributed by atoms with van der Waals surface area (Å²) in [5.41, 5.74) is 1.83. The molecule has 1 aromatic rings. The Morgan fingerprint density at radius 1 is 1.43 bits per heavy atom. The van der Waals surface area contributed by atoms with Gasteiger partial charge in [0.1, 0.15) is 0 Å². The Hall–Kier alpha value is -1.33. The van der Waals surface area contributed by atoms with Gasteiger partial charge in [-0.05, 0) is 57.6 Å². The molecule has 0 radical (unpaired) electrons. The van der Waals surface area contributed by atoms with Crippen molar-refractivity contribution in [3.05, 3.63) is 28.8 Å². The number of rotatable bonds is 5. The third-order valence-electron chi connectivity index (χ3n) is 2.88. The molecule has 0 aliphatic heterocycles. The van der Waals surface area contributed by atoms with E-state index in [1.54, 1.807) is 4.90 Å². The van der Waals surface area contributed by atoms with Crippen LogP contribution < -0.4 is 10.6 Å². The summed E-state index contributed by atoms with van der Waals surface area (Å²) in [6, 6.07) is 5.78. The van der Waals surface area contributed by atoms with E-state index in [9.17, 15) is 4.79 Å². The number of carbonyl (C=O) groups excluding carboxylic acids is 1. The van der Waals surface area contributed by atoms with E-state index < -0.39 is 0 Å². The van der Waals surface area contributed by atoms with Crippen LogP contribution in [0, 0.1) is 6.92 Å². The SMILES string of the molecule is CCN(CC(=O)NC(C)C)C(=S)Nc1ccc(C)c(Cl)c1. The van der Waals surface area contributed by atoms with Crippen LogP contribution in [0.15, 0.2) is 18.2 Å². The lowest BCUT2D eigenvalue weighted by Crippen LogP contribution is -2.44. The van der Waals surface area contributed by atoms with Crippen LogP contribution in [0.2, 0.25) is 5.02 Å². The third kappa shape index (κ3) is 5.89. The summed E-state index contributed by atoms with van der Waals surface area (Å²) < 4.78 is 0. The molecule has 1 rings (SSSR count). The van der Waals surface area contributed by atoms with Crippen LogP contribution >= 0.6 is 23.8 Å². The monoisotopic (exact) mass is 327 g/mol. The van der Waals surface area contributed by atoms with E-state index in [0.29, 0.717) is 16.7 Å². The summed E-state index contributed by atoms with van der Waals surface area (Å²) in [4.78, 5) is 13.6. The first-order valence-electron chi connectivity index (χ1n) is 6.95. The minimum absolute atomic E-state index is 0.0436. The molecule has 0 fully saturated rings. The number of likely N-dealkylation sites (N-methyl/N-ethyl adjacent to an activating group) is 1. The molecular weight excluding hydrogens is 306 g/mol. The Morgan fingerprint density at radius 2 is 2.10 bits per heavy atom. The molecule has 0 atom stereocenters. The second-order valence-electron chi connectivity index (χ2n) is 5.13. The van der Waals surface area contributed by atoms with Crippen LogP contribution in [0.1, 0.15) is 26.3 Å². The largest absolute Gasteiger partial charge is 0.352 e. The smallest absolute Gasteiger partial charge is 0.239 e. The van der Waals surface area contributed by atoms with Crippen molar-refractivity contribution in [3.63, 3.8) is 0 Å². The number of hydrogen-bond donors (Lipinski definition) is 2. The van der Waals surface area contributed by atoms with E-state index >= 15 is 0 Å². The predicted octanol–water partition coefficient (Wildman–Crippen LogP) is 3.19. The molecule has 0 heterocycles. The van der Waals surface area contributed by atoms with E-state index in [4.69, 9.17) is 23.8 Å². The predicted molar refractivity (Wildman–Crippen MR) is 92.9 cm³/mol. The number of nitrogens with one attached hydrogen (secondary N) is 2. The molecule has 0 spiro atoms. The molecule has 4 nitrogen and oxygen atoms in total. The highest BCUT2D eigenvalue weighted by atomic mass is 35.5. The first-order valence-corrected chi connectivity index (χ1v) is 7.73. The highest BCUT2D eigenvalue weighted by Crippen LogP contribution is 2.20. The van der Waals surface area contributed by atoms with Gasteiger partial charge < -0.3 is 15.5 Å². The van der Waals surface area contributed by atoms with Gasteiger partial charge in [0.2, 0.25) is 5.91 Å². The van der Waals surface area contributed by atoms with Crippen LogP contribution in [-0.4, -0.2) is 35.1 Å². The zero-order valence-electron chi connectivity index (χ0n) is 12.9. The zero-order valence-corrected chi connectivity index (χ0v) is 14.4.